The molecule has 12 heavy (non-hydrogen) atoms. The molecule has 1 aliphatic rings. The first-order chi connectivity index (χ1) is 5.70. The lowest BCUT2D eigenvalue weighted by molar-refractivity contribution is 0.622. The first kappa shape index (κ1) is 8.02. The van der Waals surface area contributed by atoms with Crippen LogP contribution in [0.4, 0.5) is 4.39 Å². The van der Waals surface area contributed by atoms with Gasteiger partial charge in [0, 0.05) is 6.04 Å². The van der Waals surface area contributed by atoms with E-state index in [1.807, 2.05) is 0 Å². The molecule has 0 amide bonds. The highest BCUT2D eigenvalue weighted by Crippen LogP contribution is 2.35. The Kier molecular flexibility index (Phi) is 1.81. The zero-order valence-electron chi connectivity index (χ0n) is 6.48. The average Bonchev–Trinajstić information content (AvgIpc) is 2.41. The quantitative estimate of drug-likeness (QED) is 0.660. The standard InChI is InChI=1S/C9H9ClFN/c10-9-6(11)3-1-5-2-4-7(12)8(5)9/h1,3,7H,2,4,12H2. The topological polar surface area (TPSA) is 26.0 Å². The van der Waals surface area contributed by atoms with Gasteiger partial charge in [0.1, 0.15) is 5.82 Å². The van der Waals surface area contributed by atoms with E-state index in [9.17, 15) is 4.39 Å². The van der Waals surface area contributed by atoms with Gasteiger partial charge in [-0.15, -0.1) is 0 Å². The van der Waals surface area contributed by atoms with Crippen molar-refractivity contribution in [2.45, 2.75) is 18.9 Å². The van der Waals surface area contributed by atoms with Gasteiger partial charge in [-0.3, -0.25) is 0 Å². The largest absolute Gasteiger partial charge is 0.324 e. The normalized spacial score (nSPS) is 21.1. The maximum atomic E-state index is 13.0. The van der Waals surface area contributed by atoms with Crippen molar-refractivity contribution in [3.63, 3.8) is 0 Å². The lowest BCUT2D eigenvalue weighted by atomic mass is 10.1. The third-order valence-corrected chi connectivity index (χ3v) is 2.70. The summed E-state index contributed by atoms with van der Waals surface area (Å²) in [6.07, 6.45) is 1.79. The zero-order valence-corrected chi connectivity index (χ0v) is 7.24. The van der Waals surface area contributed by atoms with Crippen molar-refractivity contribution >= 4 is 11.6 Å². The predicted octanol–water partition coefficient (Wildman–Crippen LogP) is 2.43. The maximum Gasteiger partial charge on any atom is 0.142 e. The molecule has 0 spiro atoms. The Bertz CT molecular complexity index is 325. The van der Waals surface area contributed by atoms with Gasteiger partial charge in [-0.1, -0.05) is 17.7 Å². The molecule has 0 heterocycles. The van der Waals surface area contributed by atoms with Crippen molar-refractivity contribution in [3.05, 3.63) is 34.1 Å². The van der Waals surface area contributed by atoms with E-state index < -0.39 is 0 Å². The lowest BCUT2D eigenvalue weighted by Gasteiger charge is -2.07. The average molecular weight is 186 g/mol. The van der Waals surface area contributed by atoms with Crippen LogP contribution in [0.2, 0.25) is 5.02 Å². The molecular weight excluding hydrogens is 177 g/mol. The van der Waals surface area contributed by atoms with Crippen LogP contribution in [0.3, 0.4) is 0 Å². The molecule has 0 saturated carbocycles. The summed E-state index contributed by atoms with van der Waals surface area (Å²) in [4.78, 5) is 0. The molecule has 1 aliphatic carbocycles. The Morgan fingerprint density at radius 2 is 2.25 bits per heavy atom. The Morgan fingerprint density at radius 3 is 3.00 bits per heavy atom. The number of halogens is 2. The number of fused-ring (bicyclic) bond motifs is 1. The van der Waals surface area contributed by atoms with E-state index >= 15 is 0 Å². The molecule has 64 valence electrons. The van der Waals surface area contributed by atoms with Gasteiger partial charge in [-0.25, -0.2) is 4.39 Å². The minimum atomic E-state index is -0.368. The second-order valence-corrected chi connectivity index (χ2v) is 3.46. The van der Waals surface area contributed by atoms with Crippen LogP contribution in [0.25, 0.3) is 0 Å². The van der Waals surface area contributed by atoms with E-state index in [0.717, 1.165) is 24.0 Å². The van der Waals surface area contributed by atoms with Gasteiger partial charge in [0.2, 0.25) is 0 Å². The Labute approximate surface area is 75.3 Å². The van der Waals surface area contributed by atoms with Crippen molar-refractivity contribution in [1.29, 1.82) is 0 Å². The second-order valence-electron chi connectivity index (χ2n) is 3.08. The summed E-state index contributed by atoms with van der Waals surface area (Å²) in [7, 11) is 0. The van der Waals surface area contributed by atoms with E-state index in [4.69, 9.17) is 17.3 Å². The molecule has 1 aromatic carbocycles. The molecule has 2 N–H and O–H groups in total. The monoisotopic (exact) mass is 185 g/mol. The van der Waals surface area contributed by atoms with Crippen molar-refractivity contribution in [2.24, 2.45) is 5.73 Å². The van der Waals surface area contributed by atoms with Crippen molar-refractivity contribution in [2.75, 3.05) is 0 Å². The van der Waals surface area contributed by atoms with Crippen molar-refractivity contribution in [3.8, 4) is 0 Å². The molecule has 0 fully saturated rings. The molecule has 1 unspecified atom stereocenters. The number of nitrogens with two attached hydrogens (primary N) is 1. The summed E-state index contributed by atoms with van der Waals surface area (Å²) < 4.78 is 13.0. The van der Waals surface area contributed by atoms with Crippen molar-refractivity contribution < 1.29 is 4.39 Å². The Morgan fingerprint density at radius 1 is 1.50 bits per heavy atom. The third kappa shape index (κ3) is 1.03. The summed E-state index contributed by atoms with van der Waals surface area (Å²) in [5.41, 5.74) is 7.66. The third-order valence-electron chi connectivity index (χ3n) is 2.32. The molecule has 0 bridgehead atoms. The highest BCUT2D eigenvalue weighted by atomic mass is 35.5. The molecule has 0 radical (unpaired) electrons. The molecule has 0 aromatic heterocycles. The van der Waals surface area contributed by atoms with Gasteiger partial charge in [0.05, 0.1) is 5.02 Å². The molecule has 0 saturated heterocycles. The SMILES string of the molecule is NC1CCc2ccc(F)c(Cl)c21. The molecule has 1 nitrogen and oxygen atoms in total. The van der Waals surface area contributed by atoms with Gasteiger partial charge >= 0.3 is 0 Å². The van der Waals surface area contributed by atoms with E-state index in [2.05, 4.69) is 0 Å². The molecule has 1 atom stereocenters. The van der Waals surface area contributed by atoms with E-state index in [1.54, 1.807) is 6.07 Å². The number of rotatable bonds is 0. The van der Waals surface area contributed by atoms with Crippen molar-refractivity contribution in [1.82, 2.24) is 0 Å². The fraction of sp³-hybridized carbons (Fsp3) is 0.333. The Hall–Kier alpha value is -0.600. The fourth-order valence-corrected chi connectivity index (χ4v) is 2.01. The summed E-state index contributed by atoms with van der Waals surface area (Å²) in [5, 5.41) is 0.206. The number of aryl methyl sites for hydroxylation is 1. The highest BCUT2D eigenvalue weighted by Gasteiger charge is 2.23. The van der Waals surface area contributed by atoms with Crippen LogP contribution in [0.1, 0.15) is 23.6 Å². The Balaban J connectivity index is 2.63. The van der Waals surface area contributed by atoms with Crippen LogP contribution < -0.4 is 5.73 Å². The summed E-state index contributed by atoms with van der Waals surface area (Å²) >= 11 is 5.78. The van der Waals surface area contributed by atoms with Gasteiger partial charge in [0.15, 0.2) is 0 Å². The molecule has 0 aliphatic heterocycles. The van der Waals surface area contributed by atoms with Crippen LogP contribution in [0.5, 0.6) is 0 Å². The molecule has 3 heteroatoms. The number of hydrogen-bond donors (Lipinski definition) is 1. The van der Waals surface area contributed by atoms with E-state index in [0.29, 0.717) is 0 Å². The molecule has 2 rings (SSSR count). The maximum absolute atomic E-state index is 13.0. The van der Waals surface area contributed by atoms with Gasteiger partial charge in [-0.05, 0) is 30.0 Å². The molecule has 1 aromatic rings. The van der Waals surface area contributed by atoms with Crippen LogP contribution in [0.15, 0.2) is 12.1 Å². The lowest BCUT2D eigenvalue weighted by Crippen LogP contribution is -2.06. The van der Waals surface area contributed by atoms with Crippen LogP contribution in [-0.2, 0) is 6.42 Å². The minimum Gasteiger partial charge on any atom is -0.324 e. The first-order valence-corrected chi connectivity index (χ1v) is 4.30. The zero-order chi connectivity index (χ0) is 8.72. The van der Waals surface area contributed by atoms with Crippen LogP contribution in [-0.4, -0.2) is 0 Å². The summed E-state index contributed by atoms with van der Waals surface area (Å²) in [6.45, 7) is 0. The minimum absolute atomic E-state index is 0.0804. The van der Waals surface area contributed by atoms with Gasteiger partial charge in [0.25, 0.3) is 0 Å². The van der Waals surface area contributed by atoms with E-state index in [1.165, 1.54) is 6.07 Å². The first-order valence-electron chi connectivity index (χ1n) is 3.92. The van der Waals surface area contributed by atoms with Gasteiger partial charge < -0.3 is 5.73 Å². The molecular formula is C9H9ClFN. The van der Waals surface area contributed by atoms with E-state index in [-0.39, 0.29) is 16.9 Å². The van der Waals surface area contributed by atoms with Crippen LogP contribution >= 0.6 is 11.6 Å². The smallest absolute Gasteiger partial charge is 0.142 e. The second kappa shape index (κ2) is 2.71. The van der Waals surface area contributed by atoms with Gasteiger partial charge in [-0.2, -0.15) is 0 Å². The number of benzene rings is 1. The fourth-order valence-electron chi connectivity index (χ4n) is 1.68. The predicted molar refractivity (Wildman–Crippen MR) is 46.7 cm³/mol. The highest BCUT2D eigenvalue weighted by molar-refractivity contribution is 6.31. The van der Waals surface area contributed by atoms with Crippen LogP contribution in [0, 0.1) is 5.82 Å². The number of hydrogen-bond acceptors (Lipinski definition) is 1. The summed E-state index contributed by atoms with van der Waals surface area (Å²) in [6, 6.07) is 3.09. The summed E-state index contributed by atoms with van der Waals surface area (Å²) in [5.74, 6) is -0.368.